The molecule has 2 aromatic rings. The summed E-state index contributed by atoms with van der Waals surface area (Å²) < 4.78 is 10.0. The van der Waals surface area contributed by atoms with Gasteiger partial charge in [-0.25, -0.2) is 9.59 Å². The Balaban J connectivity index is 1.53. The fraction of sp³-hybridized carbons (Fsp3) is 0.421. The molecule has 28 heavy (non-hydrogen) atoms. The summed E-state index contributed by atoms with van der Waals surface area (Å²) in [6.45, 7) is 2.60. The Labute approximate surface area is 161 Å². The van der Waals surface area contributed by atoms with Crippen molar-refractivity contribution in [2.24, 2.45) is 0 Å². The number of amides is 2. The Morgan fingerprint density at radius 2 is 2.04 bits per heavy atom. The number of methoxy groups -OCH3 is 1. The third-order valence-electron chi connectivity index (χ3n) is 4.87. The molecule has 0 unspecified atom stereocenters. The van der Waals surface area contributed by atoms with E-state index in [-0.39, 0.29) is 30.4 Å². The van der Waals surface area contributed by atoms with Gasteiger partial charge in [-0.1, -0.05) is 6.92 Å². The van der Waals surface area contributed by atoms with Gasteiger partial charge in [0.15, 0.2) is 0 Å². The van der Waals surface area contributed by atoms with Crippen LogP contribution in [0.5, 0.6) is 0 Å². The Kier molecular flexibility index (Phi) is 5.84. The fourth-order valence-corrected chi connectivity index (χ4v) is 3.35. The lowest BCUT2D eigenvalue weighted by Crippen LogP contribution is -2.55. The van der Waals surface area contributed by atoms with Crippen LogP contribution in [0.2, 0.25) is 0 Å². The summed E-state index contributed by atoms with van der Waals surface area (Å²) in [5.74, 6) is -1.31. The van der Waals surface area contributed by atoms with Crippen LogP contribution in [0.15, 0.2) is 28.7 Å². The summed E-state index contributed by atoms with van der Waals surface area (Å²) >= 11 is 0. The molecule has 1 saturated carbocycles. The van der Waals surface area contributed by atoms with Gasteiger partial charge in [0.2, 0.25) is 5.76 Å². The number of rotatable bonds is 7. The van der Waals surface area contributed by atoms with Gasteiger partial charge in [0, 0.05) is 23.2 Å². The zero-order chi connectivity index (χ0) is 20.3. The van der Waals surface area contributed by atoms with Crippen molar-refractivity contribution in [1.82, 2.24) is 10.2 Å². The van der Waals surface area contributed by atoms with E-state index in [1.165, 1.54) is 7.11 Å². The smallest absolute Gasteiger partial charge is 0.373 e. The number of esters is 1. The van der Waals surface area contributed by atoms with Gasteiger partial charge in [-0.15, -0.1) is 0 Å². The third-order valence-corrected chi connectivity index (χ3v) is 4.87. The van der Waals surface area contributed by atoms with Gasteiger partial charge in [-0.2, -0.15) is 0 Å². The molecule has 0 aliphatic heterocycles. The summed E-state index contributed by atoms with van der Waals surface area (Å²) in [4.78, 5) is 36.5. The number of hydrogen-bond donors (Lipinski definition) is 3. The molecule has 1 fully saturated rings. The van der Waals surface area contributed by atoms with Crippen molar-refractivity contribution in [3.05, 3.63) is 30.0 Å². The molecule has 0 spiro atoms. The quantitative estimate of drug-likeness (QED) is 0.621. The number of carboxylic acid groups (broad SMARTS) is 1. The van der Waals surface area contributed by atoms with Crippen LogP contribution in [0.3, 0.4) is 0 Å². The number of benzene rings is 1. The largest absolute Gasteiger partial charge is 0.480 e. The van der Waals surface area contributed by atoms with Crippen LogP contribution >= 0.6 is 0 Å². The van der Waals surface area contributed by atoms with Gasteiger partial charge < -0.3 is 24.9 Å². The first-order chi connectivity index (χ1) is 13.4. The van der Waals surface area contributed by atoms with Gasteiger partial charge in [0.1, 0.15) is 5.58 Å². The van der Waals surface area contributed by atoms with Crippen molar-refractivity contribution >= 4 is 34.6 Å². The predicted molar refractivity (Wildman–Crippen MR) is 101 cm³/mol. The molecule has 150 valence electrons. The molecule has 0 atom stereocenters. The zero-order valence-electron chi connectivity index (χ0n) is 15.7. The number of carboxylic acids is 1. The van der Waals surface area contributed by atoms with Gasteiger partial charge in [-0.05, 0) is 43.7 Å². The molecule has 3 rings (SSSR count). The highest BCUT2D eigenvalue weighted by Crippen LogP contribution is 2.26. The van der Waals surface area contributed by atoms with Crippen LogP contribution in [-0.2, 0) is 9.53 Å². The second-order valence-corrected chi connectivity index (χ2v) is 6.73. The molecular weight excluding hydrogens is 366 g/mol. The van der Waals surface area contributed by atoms with E-state index in [2.05, 4.69) is 15.4 Å². The monoisotopic (exact) mass is 389 g/mol. The second-order valence-electron chi connectivity index (χ2n) is 6.73. The highest BCUT2D eigenvalue weighted by molar-refractivity contribution is 5.96. The number of fused-ring (bicyclic) bond motifs is 1. The number of carbonyl (C=O) groups is 3. The van der Waals surface area contributed by atoms with Crippen LogP contribution in [-0.4, -0.2) is 60.3 Å². The lowest BCUT2D eigenvalue weighted by Gasteiger charge is -2.42. The minimum absolute atomic E-state index is 0.0106. The van der Waals surface area contributed by atoms with Crippen LogP contribution in [0.25, 0.3) is 11.0 Å². The van der Waals surface area contributed by atoms with Gasteiger partial charge >= 0.3 is 18.0 Å². The molecule has 9 nitrogen and oxygen atoms in total. The van der Waals surface area contributed by atoms with Crippen LogP contribution in [0.4, 0.5) is 10.5 Å². The molecular formula is C19H23N3O6. The molecule has 3 N–H and O–H groups in total. The van der Waals surface area contributed by atoms with Crippen molar-refractivity contribution in [2.75, 3.05) is 25.5 Å². The number of urea groups is 1. The number of likely N-dealkylation sites (N-methyl/N-ethyl adjacent to an activating group) is 1. The average molecular weight is 389 g/mol. The van der Waals surface area contributed by atoms with E-state index < -0.39 is 11.9 Å². The summed E-state index contributed by atoms with van der Waals surface area (Å²) in [6, 6.07) is 6.47. The molecule has 2 amide bonds. The second kappa shape index (κ2) is 8.30. The van der Waals surface area contributed by atoms with Crippen LogP contribution in [0.1, 0.15) is 30.3 Å². The normalized spacial score (nSPS) is 18.5. The number of nitrogens with one attached hydrogen (secondary N) is 2. The van der Waals surface area contributed by atoms with E-state index in [4.69, 9.17) is 9.52 Å². The standard InChI is InChI=1S/C19H23N3O6/c1-3-22(10-17(23)24)14-8-13(9-14)21-19(26)20-12-4-5-15-11(6-12)7-16(28-15)18(25)27-2/h4-7,13-14H,3,8-10H2,1-2H3,(H,23,24)(H2,20,21,26). The Morgan fingerprint density at radius 3 is 2.68 bits per heavy atom. The van der Waals surface area contributed by atoms with Gasteiger partial charge in [-0.3, -0.25) is 9.69 Å². The molecule has 9 heteroatoms. The Hall–Kier alpha value is -3.07. The predicted octanol–water partition coefficient (Wildman–Crippen LogP) is 2.28. The van der Waals surface area contributed by atoms with E-state index in [9.17, 15) is 14.4 Å². The number of hydrogen-bond acceptors (Lipinski definition) is 6. The first kappa shape index (κ1) is 19.7. The van der Waals surface area contributed by atoms with Gasteiger partial charge in [0.05, 0.1) is 13.7 Å². The molecule has 1 aromatic heterocycles. The minimum Gasteiger partial charge on any atom is -0.480 e. The zero-order valence-corrected chi connectivity index (χ0v) is 15.7. The maximum absolute atomic E-state index is 12.2. The number of anilines is 1. The van der Waals surface area contributed by atoms with E-state index in [1.54, 1.807) is 24.3 Å². The number of carbonyl (C=O) groups excluding carboxylic acids is 2. The highest BCUT2D eigenvalue weighted by atomic mass is 16.5. The topological polar surface area (TPSA) is 121 Å². The highest BCUT2D eigenvalue weighted by Gasteiger charge is 2.34. The van der Waals surface area contributed by atoms with E-state index in [0.717, 1.165) is 12.8 Å². The molecule has 1 heterocycles. The molecule has 1 aliphatic rings. The Morgan fingerprint density at radius 1 is 1.29 bits per heavy atom. The average Bonchev–Trinajstić information content (AvgIpc) is 3.05. The number of aliphatic carboxylic acids is 1. The lowest BCUT2D eigenvalue weighted by molar-refractivity contribution is -0.139. The van der Waals surface area contributed by atoms with Crippen molar-refractivity contribution in [3.63, 3.8) is 0 Å². The van der Waals surface area contributed by atoms with Crippen LogP contribution in [0, 0.1) is 0 Å². The summed E-state index contributed by atoms with van der Waals surface area (Å²) in [7, 11) is 1.28. The maximum atomic E-state index is 12.2. The number of furan rings is 1. The number of nitrogens with zero attached hydrogens (tertiary/aromatic N) is 1. The summed E-state index contributed by atoms with van der Waals surface area (Å²) in [5.41, 5.74) is 1.09. The van der Waals surface area contributed by atoms with Gasteiger partial charge in [0.25, 0.3) is 0 Å². The third kappa shape index (κ3) is 4.42. The fourth-order valence-electron chi connectivity index (χ4n) is 3.35. The first-order valence-electron chi connectivity index (χ1n) is 9.04. The molecule has 1 aromatic carbocycles. The van der Waals surface area contributed by atoms with E-state index in [0.29, 0.717) is 23.2 Å². The lowest BCUT2D eigenvalue weighted by atomic mass is 9.85. The summed E-state index contributed by atoms with van der Waals surface area (Å²) in [5, 5.41) is 15.2. The SMILES string of the molecule is CCN(CC(=O)O)C1CC(NC(=O)Nc2ccc3oc(C(=O)OC)cc3c2)C1. The van der Waals surface area contributed by atoms with Crippen molar-refractivity contribution < 1.29 is 28.6 Å². The molecule has 0 saturated heterocycles. The van der Waals surface area contributed by atoms with Crippen molar-refractivity contribution in [2.45, 2.75) is 31.8 Å². The molecule has 0 bridgehead atoms. The maximum Gasteiger partial charge on any atom is 0.373 e. The minimum atomic E-state index is -0.846. The molecule has 0 radical (unpaired) electrons. The van der Waals surface area contributed by atoms with Crippen LogP contribution < -0.4 is 10.6 Å². The molecule has 1 aliphatic carbocycles. The van der Waals surface area contributed by atoms with Crippen molar-refractivity contribution in [1.29, 1.82) is 0 Å². The van der Waals surface area contributed by atoms with E-state index in [1.807, 2.05) is 11.8 Å². The van der Waals surface area contributed by atoms with E-state index >= 15 is 0 Å². The number of ether oxygens (including phenoxy) is 1. The van der Waals surface area contributed by atoms with Crippen molar-refractivity contribution in [3.8, 4) is 0 Å². The Bertz CT molecular complexity index is 887. The summed E-state index contributed by atoms with van der Waals surface area (Å²) in [6.07, 6.45) is 1.44. The first-order valence-corrected chi connectivity index (χ1v) is 9.04.